The lowest BCUT2D eigenvalue weighted by molar-refractivity contribution is -0.139. The summed E-state index contributed by atoms with van der Waals surface area (Å²) >= 11 is 5.16. The topological polar surface area (TPSA) is 64.8 Å². The highest BCUT2D eigenvalue weighted by molar-refractivity contribution is 7.80. The molecule has 0 heterocycles. The Bertz CT molecular complexity index is 309. The third-order valence-corrected chi connectivity index (χ3v) is 4.15. The van der Waals surface area contributed by atoms with Crippen molar-refractivity contribution in [2.24, 2.45) is 11.1 Å². The highest BCUT2D eigenvalue weighted by atomic mass is 32.1. The van der Waals surface area contributed by atoms with Gasteiger partial charge in [-0.1, -0.05) is 25.1 Å². The Balaban J connectivity index is 2.80. The molecular weight excluding hydrogens is 264 g/mol. The normalized spacial score (nSPS) is 17.4. The molecule has 1 fully saturated rings. The molecule has 0 unspecified atom stereocenters. The molecule has 0 atom stereocenters. The van der Waals surface area contributed by atoms with E-state index in [1.807, 2.05) is 0 Å². The first-order chi connectivity index (χ1) is 9.08. The Morgan fingerprint density at radius 3 is 2.05 bits per heavy atom. The molecule has 19 heavy (non-hydrogen) atoms. The van der Waals surface area contributed by atoms with E-state index in [4.69, 9.17) is 27.4 Å². The van der Waals surface area contributed by atoms with Gasteiger partial charge in [0.25, 0.3) is 0 Å². The Kier molecular flexibility index (Phi) is 6.68. The zero-order valence-electron chi connectivity index (χ0n) is 11.8. The molecule has 1 aliphatic rings. The summed E-state index contributed by atoms with van der Waals surface area (Å²) in [5.41, 5.74) is 5.21. The van der Waals surface area contributed by atoms with Crippen molar-refractivity contribution in [3.63, 3.8) is 0 Å². The lowest BCUT2D eigenvalue weighted by Gasteiger charge is -2.33. The molecule has 2 N–H and O–H groups in total. The molecule has 110 valence electrons. The van der Waals surface area contributed by atoms with Gasteiger partial charge in [-0.25, -0.2) is 0 Å². The SMILES string of the molecule is COCCN(CCOC)C(=O)C1(C(N)=S)CCCC1. The van der Waals surface area contributed by atoms with Crippen LogP contribution in [0, 0.1) is 5.41 Å². The van der Waals surface area contributed by atoms with Gasteiger partial charge < -0.3 is 20.1 Å². The van der Waals surface area contributed by atoms with Gasteiger partial charge in [-0.2, -0.15) is 0 Å². The van der Waals surface area contributed by atoms with Crippen LogP contribution in [-0.4, -0.2) is 56.3 Å². The molecule has 0 saturated heterocycles. The van der Waals surface area contributed by atoms with Gasteiger partial charge in [0, 0.05) is 27.3 Å². The van der Waals surface area contributed by atoms with E-state index in [1.165, 1.54) is 0 Å². The molecular formula is C13H24N2O3S. The second-order valence-corrected chi connectivity index (χ2v) is 5.37. The predicted octanol–water partition coefficient (Wildman–Crippen LogP) is 0.954. The van der Waals surface area contributed by atoms with Crippen molar-refractivity contribution >= 4 is 23.1 Å². The van der Waals surface area contributed by atoms with Crippen molar-refractivity contribution in [3.05, 3.63) is 0 Å². The third kappa shape index (κ3) is 3.87. The van der Waals surface area contributed by atoms with Gasteiger partial charge >= 0.3 is 0 Å². The zero-order chi connectivity index (χ0) is 14.3. The van der Waals surface area contributed by atoms with Gasteiger partial charge in [-0.15, -0.1) is 0 Å². The third-order valence-electron chi connectivity index (χ3n) is 3.76. The van der Waals surface area contributed by atoms with Crippen LogP contribution in [0.4, 0.5) is 0 Å². The fourth-order valence-electron chi connectivity index (χ4n) is 2.56. The Hall–Kier alpha value is -0.720. The molecule has 0 aromatic carbocycles. The van der Waals surface area contributed by atoms with Crippen LogP contribution in [0.25, 0.3) is 0 Å². The largest absolute Gasteiger partial charge is 0.392 e. The molecule has 0 spiro atoms. The van der Waals surface area contributed by atoms with Crippen LogP contribution >= 0.6 is 12.2 Å². The van der Waals surface area contributed by atoms with Crippen LogP contribution in [0.2, 0.25) is 0 Å². The molecule has 1 aliphatic carbocycles. The number of methoxy groups -OCH3 is 2. The standard InChI is InChI=1S/C13H24N2O3S/c1-17-9-7-15(8-10-18-2)12(16)13(11(14)19)5-3-4-6-13/h3-10H2,1-2H3,(H2,14,19). The summed E-state index contributed by atoms with van der Waals surface area (Å²) in [5.74, 6) is 0.0339. The van der Waals surface area contributed by atoms with Crippen LogP contribution in [0.5, 0.6) is 0 Å². The molecule has 0 radical (unpaired) electrons. The predicted molar refractivity (Wildman–Crippen MR) is 78.0 cm³/mol. The number of amides is 1. The minimum Gasteiger partial charge on any atom is -0.392 e. The summed E-state index contributed by atoms with van der Waals surface area (Å²) in [6.07, 6.45) is 3.53. The van der Waals surface area contributed by atoms with E-state index in [0.717, 1.165) is 25.7 Å². The zero-order valence-corrected chi connectivity index (χ0v) is 12.6. The molecule has 0 aliphatic heterocycles. The fourth-order valence-corrected chi connectivity index (χ4v) is 2.86. The van der Waals surface area contributed by atoms with Crippen molar-refractivity contribution in [2.75, 3.05) is 40.5 Å². The van der Waals surface area contributed by atoms with Crippen LogP contribution in [0.15, 0.2) is 0 Å². The van der Waals surface area contributed by atoms with E-state index < -0.39 is 5.41 Å². The van der Waals surface area contributed by atoms with Crippen LogP contribution in [0.1, 0.15) is 25.7 Å². The molecule has 5 nitrogen and oxygen atoms in total. The Morgan fingerprint density at radius 2 is 1.68 bits per heavy atom. The highest BCUT2D eigenvalue weighted by Gasteiger charge is 2.45. The number of hydrogen-bond donors (Lipinski definition) is 1. The first-order valence-electron chi connectivity index (χ1n) is 6.65. The van der Waals surface area contributed by atoms with Gasteiger partial charge in [0.1, 0.15) is 0 Å². The molecule has 6 heteroatoms. The molecule has 0 aromatic heterocycles. The smallest absolute Gasteiger partial charge is 0.235 e. The summed E-state index contributed by atoms with van der Waals surface area (Å²) in [5, 5.41) is 0. The van der Waals surface area contributed by atoms with Crippen molar-refractivity contribution < 1.29 is 14.3 Å². The van der Waals surface area contributed by atoms with E-state index in [2.05, 4.69) is 0 Å². The van der Waals surface area contributed by atoms with Crippen molar-refractivity contribution in [1.82, 2.24) is 4.90 Å². The molecule has 0 bridgehead atoms. The summed E-state index contributed by atoms with van der Waals surface area (Å²) in [6.45, 7) is 2.10. The number of ether oxygens (including phenoxy) is 2. The maximum Gasteiger partial charge on any atom is 0.235 e. The second-order valence-electron chi connectivity index (χ2n) is 4.93. The second kappa shape index (κ2) is 7.77. The van der Waals surface area contributed by atoms with Crippen molar-refractivity contribution in [3.8, 4) is 0 Å². The molecule has 1 amide bonds. The molecule has 0 aromatic rings. The summed E-state index contributed by atoms with van der Waals surface area (Å²) < 4.78 is 10.1. The maximum atomic E-state index is 12.8. The van der Waals surface area contributed by atoms with Crippen LogP contribution in [0.3, 0.4) is 0 Å². The Labute approximate surface area is 120 Å². The van der Waals surface area contributed by atoms with Gasteiger partial charge in [0.2, 0.25) is 5.91 Å². The first kappa shape index (κ1) is 16.3. The van der Waals surface area contributed by atoms with Crippen molar-refractivity contribution in [1.29, 1.82) is 0 Å². The monoisotopic (exact) mass is 288 g/mol. The van der Waals surface area contributed by atoms with E-state index in [0.29, 0.717) is 31.3 Å². The number of carbonyl (C=O) groups excluding carboxylic acids is 1. The van der Waals surface area contributed by atoms with Crippen LogP contribution < -0.4 is 5.73 Å². The first-order valence-corrected chi connectivity index (χ1v) is 7.06. The number of nitrogens with zero attached hydrogens (tertiary/aromatic N) is 1. The number of nitrogens with two attached hydrogens (primary N) is 1. The van der Waals surface area contributed by atoms with Crippen LogP contribution in [-0.2, 0) is 14.3 Å². The minimum atomic E-state index is -0.642. The molecule has 1 saturated carbocycles. The number of thiocarbonyl (C=S) groups is 1. The van der Waals surface area contributed by atoms with Gasteiger partial charge in [-0.05, 0) is 12.8 Å². The summed E-state index contributed by atoms with van der Waals surface area (Å²) in [6, 6.07) is 0. The average molecular weight is 288 g/mol. The molecule has 1 rings (SSSR count). The van der Waals surface area contributed by atoms with Crippen molar-refractivity contribution in [2.45, 2.75) is 25.7 Å². The number of carbonyl (C=O) groups is 1. The lowest BCUT2D eigenvalue weighted by atomic mass is 9.84. The quantitative estimate of drug-likeness (QED) is 0.674. The number of rotatable bonds is 8. The van der Waals surface area contributed by atoms with E-state index in [-0.39, 0.29) is 5.91 Å². The highest BCUT2D eigenvalue weighted by Crippen LogP contribution is 2.40. The van der Waals surface area contributed by atoms with Gasteiger partial charge in [0.05, 0.1) is 23.6 Å². The van der Waals surface area contributed by atoms with E-state index >= 15 is 0 Å². The summed E-state index contributed by atoms with van der Waals surface area (Å²) in [7, 11) is 3.25. The lowest BCUT2D eigenvalue weighted by Crippen LogP contribution is -2.50. The average Bonchev–Trinajstić information content (AvgIpc) is 2.89. The summed E-state index contributed by atoms with van der Waals surface area (Å²) in [4.78, 5) is 14.9. The van der Waals surface area contributed by atoms with Gasteiger partial charge in [0.15, 0.2) is 0 Å². The minimum absolute atomic E-state index is 0.0339. The van der Waals surface area contributed by atoms with E-state index in [9.17, 15) is 4.79 Å². The fraction of sp³-hybridized carbons (Fsp3) is 0.846. The number of hydrogen-bond acceptors (Lipinski definition) is 4. The Morgan fingerprint density at radius 1 is 1.21 bits per heavy atom. The van der Waals surface area contributed by atoms with Gasteiger partial charge in [-0.3, -0.25) is 4.79 Å². The maximum absolute atomic E-state index is 12.8. The van der Waals surface area contributed by atoms with E-state index in [1.54, 1.807) is 19.1 Å².